The number of ether oxygens (including phenoxy) is 2. The average Bonchev–Trinajstić information content (AvgIpc) is 2.38. The Bertz CT molecular complexity index is 445. The molecule has 19 heavy (non-hydrogen) atoms. The number of hydrogen-bond acceptors (Lipinski definition) is 4. The fraction of sp³-hybridized carbons (Fsp3) is 0.429. The predicted octanol–water partition coefficient (Wildman–Crippen LogP) is 1.44. The molecule has 0 bridgehead atoms. The van der Waals surface area contributed by atoms with E-state index in [-0.39, 0.29) is 24.8 Å². The van der Waals surface area contributed by atoms with Gasteiger partial charge in [0.1, 0.15) is 5.75 Å². The molecule has 0 aliphatic rings. The van der Waals surface area contributed by atoms with Gasteiger partial charge in [-0.15, -0.1) is 0 Å². The largest absolute Gasteiger partial charge is 0.481 e. The highest BCUT2D eigenvalue weighted by molar-refractivity contribution is 5.81. The van der Waals surface area contributed by atoms with E-state index in [1.54, 1.807) is 13.0 Å². The van der Waals surface area contributed by atoms with Crippen molar-refractivity contribution >= 4 is 11.9 Å². The molecule has 1 atom stereocenters. The van der Waals surface area contributed by atoms with Gasteiger partial charge in [-0.3, -0.25) is 9.59 Å². The second-order valence-electron chi connectivity index (χ2n) is 4.19. The molecular weight excluding hydrogens is 246 g/mol. The van der Waals surface area contributed by atoms with Gasteiger partial charge in [0, 0.05) is 6.54 Å². The number of nitrogens with one attached hydrogen (secondary N) is 1. The summed E-state index contributed by atoms with van der Waals surface area (Å²) in [4.78, 5) is 22.6. The number of methoxy groups -OCH3 is 1. The lowest BCUT2D eigenvalue weighted by Gasteiger charge is -2.14. The Morgan fingerprint density at radius 1 is 1.37 bits per heavy atom. The van der Waals surface area contributed by atoms with E-state index in [4.69, 9.17) is 4.74 Å². The Morgan fingerprint density at radius 2 is 2.11 bits per heavy atom. The van der Waals surface area contributed by atoms with Crippen molar-refractivity contribution < 1.29 is 19.1 Å². The number of benzene rings is 1. The van der Waals surface area contributed by atoms with Crippen LogP contribution in [0.25, 0.3) is 0 Å². The number of carbonyl (C=O) groups excluding carboxylic acids is 2. The molecule has 1 aromatic rings. The van der Waals surface area contributed by atoms with E-state index in [0.717, 1.165) is 5.56 Å². The summed E-state index contributed by atoms with van der Waals surface area (Å²) in [5.74, 6) is 0.0357. The maximum atomic E-state index is 11.7. The van der Waals surface area contributed by atoms with Gasteiger partial charge in [-0.05, 0) is 31.5 Å². The van der Waals surface area contributed by atoms with Crippen LogP contribution in [0, 0.1) is 6.92 Å². The van der Waals surface area contributed by atoms with Crippen LogP contribution in [0.3, 0.4) is 0 Å². The van der Waals surface area contributed by atoms with Crippen LogP contribution in [0.4, 0.5) is 0 Å². The summed E-state index contributed by atoms with van der Waals surface area (Å²) in [6.45, 7) is 3.86. The third-order valence-electron chi connectivity index (χ3n) is 2.53. The van der Waals surface area contributed by atoms with Crippen molar-refractivity contribution in [2.24, 2.45) is 0 Å². The number of aryl methyl sites for hydroxylation is 1. The average molecular weight is 265 g/mol. The van der Waals surface area contributed by atoms with Crippen LogP contribution in [0.2, 0.25) is 0 Å². The lowest BCUT2D eigenvalue weighted by atomic mass is 10.2. The van der Waals surface area contributed by atoms with Crippen LogP contribution in [-0.4, -0.2) is 31.6 Å². The van der Waals surface area contributed by atoms with Crippen LogP contribution in [0.15, 0.2) is 24.3 Å². The zero-order chi connectivity index (χ0) is 14.3. The van der Waals surface area contributed by atoms with Crippen LogP contribution < -0.4 is 10.1 Å². The molecule has 0 aromatic heterocycles. The first-order chi connectivity index (χ1) is 9.02. The smallest absolute Gasteiger partial charge is 0.307 e. The van der Waals surface area contributed by atoms with Crippen LogP contribution in [0.1, 0.15) is 18.9 Å². The zero-order valence-electron chi connectivity index (χ0n) is 11.4. The molecule has 5 nitrogen and oxygen atoms in total. The number of carbonyl (C=O) groups is 2. The molecule has 0 saturated carbocycles. The van der Waals surface area contributed by atoms with Gasteiger partial charge >= 0.3 is 5.97 Å². The van der Waals surface area contributed by atoms with Crippen molar-refractivity contribution in [3.8, 4) is 5.75 Å². The van der Waals surface area contributed by atoms with E-state index < -0.39 is 6.10 Å². The molecule has 5 heteroatoms. The van der Waals surface area contributed by atoms with E-state index >= 15 is 0 Å². The van der Waals surface area contributed by atoms with Gasteiger partial charge in [-0.2, -0.15) is 0 Å². The zero-order valence-corrected chi connectivity index (χ0v) is 11.4. The van der Waals surface area contributed by atoms with Crippen LogP contribution >= 0.6 is 0 Å². The third-order valence-corrected chi connectivity index (χ3v) is 2.53. The minimum atomic E-state index is -0.612. The van der Waals surface area contributed by atoms with Gasteiger partial charge in [0.05, 0.1) is 13.5 Å². The van der Waals surface area contributed by atoms with E-state index in [0.29, 0.717) is 5.75 Å². The van der Waals surface area contributed by atoms with Gasteiger partial charge in [-0.1, -0.05) is 12.1 Å². The molecule has 0 radical (unpaired) electrons. The summed E-state index contributed by atoms with van der Waals surface area (Å²) in [5.41, 5.74) is 1.07. The molecule has 1 rings (SSSR count). The van der Waals surface area contributed by atoms with E-state index in [9.17, 15) is 9.59 Å². The monoisotopic (exact) mass is 265 g/mol. The van der Waals surface area contributed by atoms with Crippen molar-refractivity contribution in [1.82, 2.24) is 5.32 Å². The topological polar surface area (TPSA) is 64.6 Å². The minimum Gasteiger partial charge on any atom is -0.481 e. The van der Waals surface area contributed by atoms with Crippen molar-refractivity contribution in [2.45, 2.75) is 26.4 Å². The SMILES string of the molecule is COC(=O)CCNC(=O)C(C)Oc1cccc(C)c1. The van der Waals surface area contributed by atoms with Crippen LogP contribution in [-0.2, 0) is 14.3 Å². The van der Waals surface area contributed by atoms with E-state index in [1.165, 1.54) is 7.11 Å². The molecular formula is C14H19NO4. The lowest BCUT2D eigenvalue weighted by molar-refractivity contribution is -0.140. The molecule has 104 valence electrons. The second kappa shape index (κ2) is 7.41. The van der Waals surface area contributed by atoms with Gasteiger partial charge in [-0.25, -0.2) is 0 Å². The molecule has 0 heterocycles. The maximum Gasteiger partial charge on any atom is 0.307 e. The minimum absolute atomic E-state index is 0.152. The summed E-state index contributed by atoms with van der Waals surface area (Å²) < 4.78 is 9.99. The van der Waals surface area contributed by atoms with Gasteiger partial charge in [0.2, 0.25) is 0 Å². The maximum absolute atomic E-state index is 11.7. The molecule has 1 aromatic carbocycles. The van der Waals surface area contributed by atoms with Gasteiger partial charge in [0.25, 0.3) is 5.91 Å². The van der Waals surface area contributed by atoms with E-state index in [2.05, 4.69) is 10.1 Å². The fourth-order valence-electron chi connectivity index (χ4n) is 1.48. The predicted molar refractivity (Wildman–Crippen MR) is 70.9 cm³/mol. The molecule has 1 unspecified atom stereocenters. The lowest BCUT2D eigenvalue weighted by Crippen LogP contribution is -2.37. The Hall–Kier alpha value is -2.04. The first-order valence-electron chi connectivity index (χ1n) is 6.10. The van der Waals surface area contributed by atoms with Crippen molar-refractivity contribution in [2.75, 3.05) is 13.7 Å². The Labute approximate surface area is 112 Å². The van der Waals surface area contributed by atoms with E-state index in [1.807, 2.05) is 25.1 Å². The van der Waals surface area contributed by atoms with Crippen LogP contribution in [0.5, 0.6) is 5.75 Å². The summed E-state index contributed by atoms with van der Waals surface area (Å²) in [6.07, 6.45) is -0.459. The molecule has 0 aliphatic heterocycles. The normalized spacial score (nSPS) is 11.5. The molecule has 1 amide bonds. The standard InChI is InChI=1S/C14H19NO4/c1-10-5-4-6-12(9-10)19-11(2)14(17)15-8-7-13(16)18-3/h4-6,9,11H,7-8H2,1-3H3,(H,15,17). The molecule has 0 fully saturated rings. The Morgan fingerprint density at radius 3 is 2.74 bits per heavy atom. The summed E-state index contributed by atoms with van der Waals surface area (Å²) in [5, 5.41) is 2.62. The molecule has 1 N–H and O–H groups in total. The molecule has 0 aliphatic carbocycles. The Kier molecular flexibility index (Phi) is 5.85. The first-order valence-corrected chi connectivity index (χ1v) is 6.10. The molecule has 0 saturated heterocycles. The first kappa shape index (κ1) is 15.0. The fourth-order valence-corrected chi connectivity index (χ4v) is 1.48. The highest BCUT2D eigenvalue weighted by Crippen LogP contribution is 2.14. The molecule has 0 spiro atoms. The number of amides is 1. The third kappa shape index (κ3) is 5.42. The summed E-state index contributed by atoms with van der Waals surface area (Å²) >= 11 is 0. The quantitative estimate of drug-likeness (QED) is 0.790. The van der Waals surface area contributed by atoms with Crippen molar-refractivity contribution in [3.05, 3.63) is 29.8 Å². The number of hydrogen-bond donors (Lipinski definition) is 1. The van der Waals surface area contributed by atoms with Gasteiger partial charge in [0.15, 0.2) is 6.10 Å². The highest BCUT2D eigenvalue weighted by atomic mass is 16.5. The van der Waals surface area contributed by atoms with Crippen molar-refractivity contribution in [3.63, 3.8) is 0 Å². The van der Waals surface area contributed by atoms with Gasteiger partial charge < -0.3 is 14.8 Å². The summed E-state index contributed by atoms with van der Waals surface area (Å²) in [6, 6.07) is 7.48. The number of rotatable bonds is 6. The Balaban J connectivity index is 2.38. The summed E-state index contributed by atoms with van der Waals surface area (Å²) in [7, 11) is 1.31. The highest BCUT2D eigenvalue weighted by Gasteiger charge is 2.14. The van der Waals surface area contributed by atoms with Crippen molar-refractivity contribution in [1.29, 1.82) is 0 Å². The number of esters is 1. The second-order valence-corrected chi connectivity index (χ2v) is 4.19.